The summed E-state index contributed by atoms with van der Waals surface area (Å²) in [5, 5.41) is 0. The van der Waals surface area contributed by atoms with Crippen LogP contribution in [0.15, 0.2) is 77.4 Å². The van der Waals surface area contributed by atoms with Gasteiger partial charge in [-0.1, -0.05) is 48.0 Å². The van der Waals surface area contributed by atoms with E-state index in [1.807, 2.05) is 73.7 Å². The molecule has 0 spiro atoms. The van der Waals surface area contributed by atoms with Crippen LogP contribution in [0.3, 0.4) is 0 Å². The van der Waals surface area contributed by atoms with Crippen molar-refractivity contribution in [3.63, 3.8) is 0 Å². The average molecular weight is 402 g/mol. The number of hydrogen-bond donors (Lipinski definition) is 0. The van der Waals surface area contributed by atoms with Gasteiger partial charge in [0.2, 0.25) is 5.91 Å². The molecule has 5 heteroatoms. The lowest BCUT2D eigenvalue weighted by Gasteiger charge is -2.27. The molecule has 0 unspecified atom stereocenters. The molecule has 1 aliphatic carbocycles. The molecule has 154 valence electrons. The SMILES string of the molecule is Cc1ccc(C(=O)N(CC(=O)N(Cc2ccccc2)Cc2ccco2)C2CC2)cc1. The molecule has 1 saturated carbocycles. The predicted octanol–water partition coefficient (Wildman–Crippen LogP) is 4.42. The van der Waals surface area contributed by atoms with Crippen molar-refractivity contribution in [2.75, 3.05) is 6.54 Å². The minimum Gasteiger partial charge on any atom is -0.467 e. The summed E-state index contributed by atoms with van der Waals surface area (Å²) in [6.07, 6.45) is 3.50. The van der Waals surface area contributed by atoms with E-state index in [4.69, 9.17) is 4.42 Å². The number of amides is 2. The van der Waals surface area contributed by atoms with Crippen LogP contribution in [0.4, 0.5) is 0 Å². The molecule has 0 saturated heterocycles. The first-order valence-corrected chi connectivity index (χ1v) is 10.3. The van der Waals surface area contributed by atoms with Gasteiger partial charge in [0.25, 0.3) is 5.91 Å². The third-order valence-electron chi connectivity index (χ3n) is 5.35. The van der Waals surface area contributed by atoms with Crippen LogP contribution in [0.25, 0.3) is 0 Å². The molecule has 5 nitrogen and oxygen atoms in total. The van der Waals surface area contributed by atoms with E-state index in [-0.39, 0.29) is 24.4 Å². The van der Waals surface area contributed by atoms with E-state index in [0.29, 0.717) is 18.7 Å². The summed E-state index contributed by atoms with van der Waals surface area (Å²) in [6, 6.07) is 21.2. The van der Waals surface area contributed by atoms with Crippen molar-refractivity contribution >= 4 is 11.8 Å². The Balaban J connectivity index is 1.51. The van der Waals surface area contributed by atoms with Crippen LogP contribution in [-0.4, -0.2) is 34.2 Å². The molecule has 0 N–H and O–H groups in total. The van der Waals surface area contributed by atoms with E-state index in [9.17, 15) is 9.59 Å². The molecule has 1 aliphatic rings. The van der Waals surface area contributed by atoms with Gasteiger partial charge in [-0.05, 0) is 49.6 Å². The number of hydrogen-bond acceptors (Lipinski definition) is 3. The van der Waals surface area contributed by atoms with Crippen molar-refractivity contribution in [3.8, 4) is 0 Å². The fourth-order valence-electron chi connectivity index (χ4n) is 3.49. The largest absolute Gasteiger partial charge is 0.467 e. The fourth-order valence-corrected chi connectivity index (χ4v) is 3.49. The van der Waals surface area contributed by atoms with Crippen LogP contribution >= 0.6 is 0 Å². The molecule has 0 aliphatic heterocycles. The molecule has 2 amide bonds. The third kappa shape index (κ3) is 4.98. The molecule has 0 radical (unpaired) electrons. The van der Waals surface area contributed by atoms with Gasteiger partial charge >= 0.3 is 0 Å². The van der Waals surface area contributed by atoms with Crippen LogP contribution in [0.2, 0.25) is 0 Å². The zero-order chi connectivity index (χ0) is 20.9. The van der Waals surface area contributed by atoms with Gasteiger partial charge in [0.05, 0.1) is 12.8 Å². The standard InChI is InChI=1S/C25H26N2O3/c1-19-9-11-21(12-10-19)25(29)27(22-13-14-22)18-24(28)26(17-23-8-5-15-30-23)16-20-6-3-2-4-7-20/h2-12,15,22H,13-14,16-18H2,1H3. The molecule has 0 atom stereocenters. The van der Waals surface area contributed by atoms with Crippen molar-refractivity contribution in [1.82, 2.24) is 9.80 Å². The maximum atomic E-state index is 13.3. The molecular formula is C25H26N2O3. The third-order valence-corrected chi connectivity index (χ3v) is 5.35. The van der Waals surface area contributed by atoms with E-state index < -0.39 is 0 Å². The van der Waals surface area contributed by atoms with Crippen LogP contribution in [0.5, 0.6) is 0 Å². The fraction of sp³-hybridized carbons (Fsp3) is 0.280. The number of furan rings is 1. The molecule has 1 heterocycles. The normalized spacial score (nSPS) is 13.1. The lowest BCUT2D eigenvalue weighted by Crippen LogP contribution is -2.43. The molecule has 0 bridgehead atoms. The summed E-state index contributed by atoms with van der Waals surface area (Å²) in [6.45, 7) is 2.91. The number of nitrogens with zero attached hydrogens (tertiary/aromatic N) is 2. The summed E-state index contributed by atoms with van der Waals surface area (Å²) in [7, 11) is 0. The monoisotopic (exact) mass is 402 g/mol. The van der Waals surface area contributed by atoms with Gasteiger partial charge in [-0.2, -0.15) is 0 Å². The lowest BCUT2D eigenvalue weighted by molar-refractivity contribution is -0.133. The quantitative estimate of drug-likeness (QED) is 0.560. The first-order valence-electron chi connectivity index (χ1n) is 10.3. The van der Waals surface area contributed by atoms with Gasteiger partial charge in [0, 0.05) is 18.2 Å². The highest BCUT2D eigenvalue weighted by molar-refractivity contribution is 5.97. The minimum atomic E-state index is -0.0809. The Morgan fingerprint density at radius 1 is 0.933 bits per heavy atom. The van der Waals surface area contributed by atoms with E-state index in [0.717, 1.165) is 29.7 Å². The Morgan fingerprint density at radius 2 is 1.67 bits per heavy atom. The maximum Gasteiger partial charge on any atom is 0.254 e. The minimum absolute atomic E-state index is 0.0743. The van der Waals surface area contributed by atoms with E-state index >= 15 is 0 Å². The maximum absolute atomic E-state index is 13.3. The molecular weight excluding hydrogens is 376 g/mol. The number of carbonyl (C=O) groups excluding carboxylic acids is 2. The summed E-state index contributed by atoms with van der Waals surface area (Å²) in [5.74, 6) is 0.563. The smallest absolute Gasteiger partial charge is 0.254 e. The number of benzene rings is 2. The van der Waals surface area contributed by atoms with Crippen LogP contribution in [-0.2, 0) is 17.9 Å². The number of carbonyl (C=O) groups is 2. The van der Waals surface area contributed by atoms with Gasteiger partial charge in [0.1, 0.15) is 12.3 Å². The van der Waals surface area contributed by atoms with Gasteiger partial charge in [-0.25, -0.2) is 0 Å². The summed E-state index contributed by atoms with van der Waals surface area (Å²) in [4.78, 5) is 29.9. The van der Waals surface area contributed by atoms with Crippen molar-refractivity contribution in [2.45, 2.75) is 38.9 Å². The van der Waals surface area contributed by atoms with E-state index in [1.165, 1.54) is 0 Å². The first-order chi connectivity index (χ1) is 14.6. The number of rotatable bonds is 8. The van der Waals surface area contributed by atoms with Gasteiger partial charge in [0.15, 0.2) is 0 Å². The second-order valence-electron chi connectivity index (χ2n) is 7.85. The Labute approximate surface area is 176 Å². The molecule has 2 aromatic carbocycles. The topological polar surface area (TPSA) is 53.8 Å². The van der Waals surface area contributed by atoms with Crippen molar-refractivity contribution in [1.29, 1.82) is 0 Å². The highest BCUT2D eigenvalue weighted by Crippen LogP contribution is 2.28. The van der Waals surface area contributed by atoms with Gasteiger partial charge < -0.3 is 14.2 Å². The van der Waals surface area contributed by atoms with Crippen LogP contribution < -0.4 is 0 Å². The Bertz CT molecular complexity index is 977. The van der Waals surface area contributed by atoms with E-state index in [2.05, 4.69) is 0 Å². The van der Waals surface area contributed by atoms with Crippen molar-refractivity contribution in [3.05, 3.63) is 95.4 Å². The second-order valence-corrected chi connectivity index (χ2v) is 7.85. The lowest BCUT2D eigenvalue weighted by atomic mass is 10.1. The first kappa shape index (κ1) is 20.0. The highest BCUT2D eigenvalue weighted by Gasteiger charge is 2.35. The molecule has 3 aromatic rings. The Morgan fingerprint density at radius 3 is 2.30 bits per heavy atom. The van der Waals surface area contributed by atoms with Crippen LogP contribution in [0.1, 0.15) is 40.1 Å². The van der Waals surface area contributed by atoms with E-state index in [1.54, 1.807) is 16.1 Å². The van der Waals surface area contributed by atoms with Crippen molar-refractivity contribution < 1.29 is 14.0 Å². The Kier molecular flexibility index (Phi) is 5.98. The molecule has 1 fully saturated rings. The van der Waals surface area contributed by atoms with Gasteiger partial charge in [-0.15, -0.1) is 0 Å². The van der Waals surface area contributed by atoms with Crippen molar-refractivity contribution in [2.24, 2.45) is 0 Å². The molecule has 4 rings (SSSR count). The summed E-state index contributed by atoms with van der Waals surface area (Å²) in [5.41, 5.74) is 2.77. The molecule has 1 aromatic heterocycles. The zero-order valence-electron chi connectivity index (χ0n) is 17.2. The summed E-state index contributed by atoms with van der Waals surface area (Å²) >= 11 is 0. The Hall–Kier alpha value is -3.34. The van der Waals surface area contributed by atoms with Gasteiger partial charge in [-0.3, -0.25) is 9.59 Å². The predicted molar refractivity (Wildman–Crippen MR) is 115 cm³/mol. The van der Waals surface area contributed by atoms with Crippen LogP contribution in [0, 0.1) is 6.92 Å². The summed E-state index contributed by atoms with van der Waals surface area (Å²) < 4.78 is 5.47. The number of aryl methyl sites for hydroxylation is 1. The molecule has 30 heavy (non-hydrogen) atoms. The highest BCUT2D eigenvalue weighted by atomic mass is 16.3. The average Bonchev–Trinajstić information content (AvgIpc) is 3.48. The zero-order valence-corrected chi connectivity index (χ0v) is 17.2. The second kappa shape index (κ2) is 8.99.